The van der Waals surface area contributed by atoms with Gasteiger partial charge in [-0.05, 0) is 89.3 Å². The Hall–Kier alpha value is -4.04. The van der Waals surface area contributed by atoms with E-state index in [1.165, 1.54) is 21.9 Å². The normalized spacial score (nSPS) is 13.2. The van der Waals surface area contributed by atoms with Crippen LogP contribution < -0.4 is 10.9 Å². The predicted molar refractivity (Wildman–Crippen MR) is 164 cm³/mol. The summed E-state index contributed by atoms with van der Waals surface area (Å²) < 4.78 is 0. The summed E-state index contributed by atoms with van der Waals surface area (Å²) in [6, 6.07) is 24.6. The number of rotatable bonds is 0. The lowest BCUT2D eigenvalue weighted by Gasteiger charge is -2.30. The largest absolute Gasteiger partial charge is 0.289 e. The van der Waals surface area contributed by atoms with Gasteiger partial charge >= 0.3 is 0 Å². The summed E-state index contributed by atoms with van der Waals surface area (Å²) in [7, 11) is 0. The Morgan fingerprint density at radius 1 is 0.368 bits per heavy atom. The summed E-state index contributed by atoms with van der Waals surface area (Å²) in [5.74, 6) is 0. The van der Waals surface area contributed by atoms with E-state index in [4.69, 9.17) is 0 Å². The van der Waals surface area contributed by atoms with E-state index in [2.05, 4.69) is 77.9 Å². The van der Waals surface area contributed by atoms with Gasteiger partial charge in [-0.2, -0.15) is 0 Å². The number of hydrogen-bond acceptors (Lipinski definition) is 2. The molecule has 0 aliphatic carbocycles. The Balaban J connectivity index is 1.83. The van der Waals surface area contributed by atoms with Gasteiger partial charge in [-0.15, -0.1) is 0 Å². The second-order valence-electron chi connectivity index (χ2n) is 12.9. The first-order valence-corrected chi connectivity index (χ1v) is 13.4. The fourth-order valence-corrected chi connectivity index (χ4v) is 6.88. The highest BCUT2D eigenvalue weighted by atomic mass is 16.1. The highest BCUT2D eigenvalue weighted by Crippen LogP contribution is 2.46. The summed E-state index contributed by atoms with van der Waals surface area (Å²) in [5.41, 5.74) is 2.27. The van der Waals surface area contributed by atoms with E-state index in [0.717, 1.165) is 53.9 Å². The van der Waals surface area contributed by atoms with Crippen molar-refractivity contribution in [1.82, 2.24) is 0 Å². The summed E-state index contributed by atoms with van der Waals surface area (Å²) in [6.45, 7) is 13.5. The third-order valence-corrected chi connectivity index (χ3v) is 8.31. The topological polar surface area (TPSA) is 34.1 Å². The molecule has 2 heteroatoms. The molecule has 2 nitrogen and oxygen atoms in total. The van der Waals surface area contributed by atoms with Crippen molar-refractivity contribution in [1.29, 1.82) is 0 Å². The van der Waals surface area contributed by atoms with Gasteiger partial charge in [0.25, 0.3) is 0 Å². The predicted octanol–water partition coefficient (Wildman–Crippen LogP) is 8.80. The molecular formula is C36H30O2. The van der Waals surface area contributed by atoms with Gasteiger partial charge in [0.2, 0.25) is 0 Å². The number of hydrogen-bond donors (Lipinski definition) is 0. The smallest absolute Gasteiger partial charge is 0.194 e. The van der Waals surface area contributed by atoms with Crippen LogP contribution in [0, 0.1) is 0 Å². The highest BCUT2D eigenvalue weighted by molar-refractivity contribution is 6.22. The number of fused-ring (bicyclic) bond motifs is 8. The van der Waals surface area contributed by atoms with Gasteiger partial charge in [-0.1, -0.05) is 90.1 Å². The Kier molecular flexibility index (Phi) is 4.43. The van der Waals surface area contributed by atoms with Gasteiger partial charge in [-0.3, -0.25) is 9.59 Å². The lowest BCUT2D eigenvalue weighted by molar-refractivity contribution is 0.593. The first-order valence-electron chi connectivity index (χ1n) is 13.4. The fourth-order valence-electron chi connectivity index (χ4n) is 6.88. The minimum Gasteiger partial charge on any atom is -0.289 e. The molecule has 0 spiro atoms. The zero-order valence-corrected chi connectivity index (χ0v) is 22.7. The molecule has 7 aromatic carbocycles. The highest BCUT2D eigenvalue weighted by Gasteiger charge is 2.29. The van der Waals surface area contributed by atoms with Crippen molar-refractivity contribution in [2.45, 2.75) is 52.4 Å². The van der Waals surface area contributed by atoms with Crippen LogP contribution in [0.5, 0.6) is 0 Å². The molecule has 186 valence electrons. The second-order valence-corrected chi connectivity index (χ2v) is 12.9. The van der Waals surface area contributed by atoms with E-state index < -0.39 is 0 Å². The first-order chi connectivity index (χ1) is 18.0. The van der Waals surface area contributed by atoms with E-state index in [9.17, 15) is 9.59 Å². The molecule has 0 aliphatic heterocycles. The molecular weight excluding hydrogens is 464 g/mol. The van der Waals surface area contributed by atoms with Gasteiger partial charge in [-0.25, -0.2) is 0 Å². The molecule has 0 unspecified atom stereocenters. The third-order valence-electron chi connectivity index (χ3n) is 8.31. The molecule has 0 aliphatic rings. The van der Waals surface area contributed by atoms with E-state index in [0.29, 0.717) is 0 Å². The van der Waals surface area contributed by atoms with Crippen molar-refractivity contribution in [2.75, 3.05) is 0 Å². The van der Waals surface area contributed by atoms with Crippen LogP contribution in [0.1, 0.15) is 52.7 Å². The molecule has 0 radical (unpaired) electrons. The molecule has 0 fully saturated rings. The fraction of sp³-hybridized carbons (Fsp3) is 0.222. The van der Waals surface area contributed by atoms with E-state index >= 15 is 0 Å². The van der Waals surface area contributed by atoms with Crippen LogP contribution in [0.15, 0.2) is 82.4 Å². The van der Waals surface area contributed by atoms with Crippen LogP contribution in [-0.4, -0.2) is 0 Å². The quantitative estimate of drug-likeness (QED) is 0.197. The van der Waals surface area contributed by atoms with Crippen molar-refractivity contribution in [3.63, 3.8) is 0 Å². The lowest BCUT2D eigenvalue weighted by Crippen LogP contribution is -2.18. The van der Waals surface area contributed by atoms with Gasteiger partial charge in [0.05, 0.1) is 0 Å². The van der Waals surface area contributed by atoms with Gasteiger partial charge in [0, 0.05) is 21.5 Å². The van der Waals surface area contributed by atoms with Gasteiger partial charge in [0.1, 0.15) is 0 Å². The van der Waals surface area contributed by atoms with Crippen LogP contribution in [0.25, 0.3) is 64.6 Å². The maximum Gasteiger partial charge on any atom is 0.194 e. The third kappa shape index (κ3) is 2.95. The molecule has 0 heterocycles. The molecule has 0 saturated heterocycles. The van der Waals surface area contributed by atoms with Crippen molar-refractivity contribution in [2.24, 2.45) is 0 Å². The van der Waals surface area contributed by atoms with Crippen LogP contribution >= 0.6 is 0 Å². The minimum absolute atomic E-state index is 0.100. The van der Waals surface area contributed by atoms with Crippen molar-refractivity contribution >= 4 is 64.6 Å². The van der Waals surface area contributed by atoms with Crippen molar-refractivity contribution in [3.8, 4) is 0 Å². The van der Waals surface area contributed by atoms with Crippen LogP contribution in [0.4, 0.5) is 0 Å². The summed E-state index contributed by atoms with van der Waals surface area (Å²) in [5, 5.41) is 11.7. The Labute approximate surface area is 221 Å². The zero-order valence-electron chi connectivity index (χ0n) is 22.7. The van der Waals surface area contributed by atoms with Crippen LogP contribution in [0.3, 0.4) is 0 Å². The summed E-state index contributed by atoms with van der Waals surface area (Å²) in [4.78, 5) is 27.1. The molecule has 7 aromatic rings. The van der Waals surface area contributed by atoms with Gasteiger partial charge in [0.15, 0.2) is 10.9 Å². The monoisotopic (exact) mass is 494 g/mol. The van der Waals surface area contributed by atoms with Crippen molar-refractivity contribution < 1.29 is 0 Å². The summed E-state index contributed by atoms with van der Waals surface area (Å²) >= 11 is 0. The Morgan fingerprint density at radius 2 is 0.658 bits per heavy atom. The molecule has 7 rings (SSSR count). The molecule has 0 amide bonds. The number of benzene rings is 5. The second kappa shape index (κ2) is 7.29. The Bertz CT molecular complexity index is 2060. The van der Waals surface area contributed by atoms with Crippen LogP contribution in [-0.2, 0) is 10.8 Å². The van der Waals surface area contributed by atoms with E-state index in [-0.39, 0.29) is 21.7 Å². The van der Waals surface area contributed by atoms with E-state index in [1.54, 1.807) is 0 Å². The molecule has 0 saturated carbocycles. The molecule has 0 bridgehead atoms. The molecule has 0 atom stereocenters. The van der Waals surface area contributed by atoms with Gasteiger partial charge < -0.3 is 0 Å². The average Bonchev–Trinajstić information content (AvgIpc) is 3.30. The maximum absolute atomic E-state index is 13.5. The van der Waals surface area contributed by atoms with Crippen LogP contribution in [0.2, 0.25) is 0 Å². The maximum atomic E-state index is 13.5. The van der Waals surface area contributed by atoms with Crippen molar-refractivity contribution in [3.05, 3.63) is 104 Å². The molecule has 0 N–H and O–H groups in total. The lowest BCUT2D eigenvalue weighted by atomic mass is 9.73. The summed E-state index contributed by atoms with van der Waals surface area (Å²) in [6.07, 6.45) is 0. The SMILES string of the molecule is CC(C)(C)c1c2cc3c(=O)c4ccccc4c3cc2c(C(C)(C)C)c2cc3c(=O)c4ccccc4c3cc12. The minimum atomic E-state index is -0.188. The van der Waals surface area contributed by atoms with E-state index in [1.807, 2.05) is 36.4 Å². The standard InChI is InChI=1S/C36H30O2/c1-35(2,3)31-25-15-23-19-11-7-9-13-21(19)34(38)30(23)18-28(25)32(36(4,5)6)26-16-24-20-12-8-10-14-22(20)33(37)29(24)17-27(26)31/h7-18H,1-6H3. The molecule has 38 heavy (non-hydrogen) atoms. The molecule has 0 aromatic heterocycles. The Morgan fingerprint density at radius 3 is 0.974 bits per heavy atom. The first kappa shape index (κ1) is 23.1. The zero-order chi connectivity index (χ0) is 26.7. The average molecular weight is 495 g/mol.